The summed E-state index contributed by atoms with van der Waals surface area (Å²) in [7, 11) is 1.65. The molecule has 2 heterocycles. The van der Waals surface area contributed by atoms with Gasteiger partial charge in [-0.1, -0.05) is 0 Å². The molecule has 21 heavy (non-hydrogen) atoms. The van der Waals surface area contributed by atoms with Gasteiger partial charge in [-0.2, -0.15) is 0 Å². The largest absolute Gasteiger partial charge is 0.479 e. The number of H-pyrrole nitrogens is 1. The van der Waals surface area contributed by atoms with Gasteiger partial charge in [-0.05, 0) is 19.3 Å². The molecule has 2 rings (SSSR count). The Kier molecular flexibility index (Phi) is 4.54. The van der Waals surface area contributed by atoms with Gasteiger partial charge in [0.1, 0.15) is 12.2 Å². The fourth-order valence-corrected chi connectivity index (χ4v) is 2.38. The Morgan fingerprint density at radius 3 is 2.71 bits per heavy atom. The predicted octanol–water partition coefficient (Wildman–Crippen LogP) is -1.67. The van der Waals surface area contributed by atoms with Gasteiger partial charge in [0, 0.05) is 18.3 Å². The Morgan fingerprint density at radius 1 is 1.52 bits per heavy atom. The van der Waals surface area contributed by atoms with Gasteiger partial charge in [0.25, 0.3) is 5.56 Å². The van der Waals surface area contributed by atoms with Crippen LogP contribution >= 0.6 is 12.2 Å². The summed E-state index contributed by atoms with van der Waals surface area (Å²) in [5.41, 5.74) is -0.0661. The minimum absolute atomic E-state index is 0.0397. The average molecular weight is 317 g/mol. The molecule has 0 radical (unpaired) electrons. The second-order valence-corrected chi connectivity index (χ2v) is 5.00. The summed E-state index contributed by atoms with van der Waals surface area (Å²) < 4.78 is 6.32. The van der Waals surface area contributed by atoms with Crippen LogP contribution < -0.4 is 10.9 Å². The lowest BCUT2D eigenvalue weighted by atomic mass is 10.1. The van der Waals surface area contributed by atoms with Crippen molar-refractivity contribution in [2.75, 3.05) is 7.05 Å². The van der Waals surface area contributed by atoms with E-state index in [1.165, 1.54) is 10.8 Å². The smallest absolute Gasteiger partial charge is 0.335 e. The number of hydrogen-bond acceptors (Lipinski definition) is 7. The Morgan fingerprint density at radius 2 is 2.19 bits per heavy atom. The van der Waals surface area contributed by atoms with Gasteiger partial charge in [0.05, 0.1) is 0 Å². The lowest BCUT2D eigenvalue weighted by Gasteiger charge is -2.19. The molecule has 0 aliphatic carbocycles. The minimum atomic E-state index is -1.59. The average Bonchev–Trinajstić information content (AvgIpc) is 2.70. The predicted molar refractivity (Wildman–Crippen MR) is 72.2 cm³/mol. The molecule has 0 saturated carbocycles. The fourth-order valence-electron chi connectivity index (χ4n) is 2.13. The highest BCUT2D eigenvalue weighted by Gasteiger charge is 2.47. The van der Waals surface area contributed by atoms with E-state index >= 15 is 0 Å². The first-order chi connectivity index (χ1) is 9.86. The molecule has 1 aromatic rings. The summed E-state index contributed by atoms with van der Waals surface area (Å²) in [6.07, 6.45) is -4.46. The van der Waals surface area contributed by atoms with Gasteiger partial charge in [0.2, 0.25) is 0 Å². The van der Waals surface area contributed by atoms with Crippen molar-refractivity contribution in [1.82, 2.24) is 14.9 Å². The maximum atomic E-state index is 11.7. The van der Waals surface area contributed by atoms with Crippen molar-refractivity contribution in [3.05, 3.63) is 26.9 Å². The third-order valence-electron chi connectivity index (χ3n) is 3.16. The van der Waals surface area contributed by atoms with E-state index < -0.39 is 36.1 Å². The number of carboxylic acid groups (broad SMARTS) is 1. The molecule has 1 aliphatic heterocycles. The third-order valence-corrected chi connectivity index (χ3v) is 3.48. The van der Waals surface area contributed by atoms with Crippen molar-refractivity contribution in [3.8, 4) is 0 Å². The van der Waals surface area contributed by atoms with Crippen LogP contribution in [0.2, 0.25) is 0 Å². The van der Waals surface area contributed by atoms with E-state index in [9.17, 15) is 19.8 Å². The standard InChI is InChI=1S/C11H15N3O6S/c1-12-2-4-3-14(11(21)13-8(4)17)9-6(16)5(15)7(20-9)10(18)19/h3,5-7,9,12,15-16H,2H2,1H3,(H,18,19)(H,13,17,21)/t5-,6+,7-,9+/m0/s1. The Labute approximate surface area is 123 Å². The number of carbonyl (C=O) groups is 1. The molecule has 0 aromatic carbocycles. The number of aromatic amines is 1. The molecule has 0 spiro atoms. The van der Waals surface area contributed by atoms with Gasteiger partial charge in [0.15, 0.2) is 17.1 Å². The van der Waals surface area contributed by atoms with E-state index in [2.05, 4.69) is 10.3 Å². The van der Waals surface area contributed by atoms with Crippen LogP contribution in [0.4, 0.5) is 0 Å². The molecule has 0 amide bonds. The van der Waals surface area contributed by atoms with Crippen molar-refractivity contribution in [2.24, 2.45) is 0 Å². The van der Waals surface area contributed by atoms with Crippen LogP contribution in [0.5, 0.6) is 0 Å². The zero-order valence-corrected chi connectivity index (χ0v) is 11.8. The van der Waals surface area contributed by atoms with Crippen LogP contribution in [0.3, 0.4) is 0 Å². The van der Waals surface area contributed by atoms with Crippen molar-refractivity contribution < 1.29 is 24.9 Å². The summed E-state index contributed by atoms with van der Waals surface area (Å²) in [5, 5.41) is 31.3. The second kappa shape index (κ2) is 6.03. The summed E-state index contributed by atoms with van der Waals surface area (Å²) in [6, 6.07) is 0. The van der Waals surface area contributed by atoms with Crippen LogP contribution in [0.25, 0.3) is 0 Å². The van der Waals surface area contributed by atoms with Crippen molar-refractivity contribution >= 4 is 18.2 Å². The number of ether oxygens (including phenoxy) is 1. The highest BCUT2D eigenvalue weighted by atomic mass is 32.1. The maximum Gasteiger partial charge on any atom is 0.335 e. The zero-order valence-electron chi connectivity index (χ0n) is 11.0. The summed E-state index contributed by atoms with van der Waals surface area (Å²) in [5.74, 6) is -1.39. The van der Waals surface area contributed by atoms with Crippen molar-refractivity contribution in [2.45, 2.75) is 31.1 Å². The monoisotopic (exact) mass is 317 g/mol. The van der Waals surface area contributed by atoms with Crippen molar-refractivity contribution in [1.29, 1.82) is 0 Å². The van der Waals surface area contributed by atoms with E-state index in [4.69, 9.17) is 22.1 Å². The van der Waals surface area contributed by atoms with Crippen LogP contribution in [0, 0.1) is 4.77 Å². The minimum Gasteiger partial charge on any atom is -0.479 e. The molecular formula is C11H15N3O6S. The van der Waals surface area contributed by atoms with E-state index in [0.717, 1.165) is 0 Å². The molecule has 1 aliphatic rings. The first-order valence-corrected chi connectivity index (χ1v) is 6.51. The number of carboxylic acids is 1. The number of nitrogens with one attached hydrogen (secondary N) is 2. The van der Waals surface area contributed by atoms with Crippen LogP contribution in [0.15, 0.2) is 11.0 Å². The highest BCUT2D eigenvalue weighted by molar-refractivity contribution is 7.71. The molecule has 5 N–H and O–H groups in total. The van der Waals surface area contributed by atoms with Crippen molar-refractivity contribution in [3.63, 3.8) is 0 Å². The van der Waals surface area contributed by atoms with E-state index in [1.807, 2.05) is 0 Å². The second-order valence-electron chi connectivity index (χ2n) is 4.62. The maximum absolute atomic E-state index is 11.7. The molecule has 9 nitrogen and oxygen atoms in total. The molecule has 116 valence electrons. The molecule has 0 bridgehead atoms. The SMILES string of the molecule is CNCc1cn([C@@H]2O[C@H](C(=O)O)[C@@H](O)[C@H]2O)c(=S)[nH]c1=O. The quantitative estimate of drug-likeness (QED) is 0.416. The molecule has 0 unspecified atom stereocenters. The first kappa shape index (κ1) is 15.8. The topological polar surface area (TPSA) is 137 Å². The number of nitrogens with zero attached hydrogens (tertiary/aromatic N) is 1. The molecule has 1 aromatic heterocycles. The van der Waals surface area contributed by atoms with Crippen LogP contribution in [0.1, 0.15) is 11.8 Å². The number of aliphatic hydroxyl groups excluding tert-OH is 2. The number of hydrogen-bond donors (Lipinski definition) is 5. The molecule has 1 saturated heterocycles. The first-order valence-electron chi connectivity index (χ1n) is 6.10. The lowest BCUT2D eigenvalue weighted by Crippen LogP contribution is -2.36. The highest BCUT2D eigenvalue weighted by Crippen LogP contribution is 2.29. The molecule has 10 heteroatoms. The van der Waals surface area contributed by atoms with E-state index in [-0.39, 0.29) is 11.3 Å². The zero-order chi connectivity index (χ0) is 15.7. The molecular weight excluding hydrogens is 302 g/mol. The lowest BCUT2D eigenvalue weighted by molar-refractivity contribution is -0.155. The van der Waals surface area contributed by atoms with Gasteiger partial charge < -0.3 is 25.4 Å². The normalized spacial score (nSPS) is 28.7. The fraction of sp³-hybridized carbons (Fsp3) is 0.545. The van der Waals surface area contributed by atoms with E-state index in [1.54, 1.807) is 7.05 Å². The summed E-state index contributed by atoms with van der Waals surface area (Å²) in [4.78, 5) is 25.0. The number of aliphatic carboxylic acids is 1. The van der Waals surface area contributed by atoms with Crippen LogP contribution in [-0.4, -0.2) is 56.2 Å². The molecule has 1 fully saturated rings. The van der Waals surface area contributed by atoms with Gasteiger partial charge in [-0.3, -0.25) is 14.3 Å². The summed E-state index contributed by atoms with van der Waals surface area (Å²) in [6.45, 7) is 0.249. The van der Waals surface area contributed by atoms with E-state index in [0.29, 0.717) is 5.56 Å². The number of rotatable bonds is 4. The van der Waals surface area contributed by atoms with Gasteiger partial charge >= 0.3 is 5.97 Å². The number of aromatic nitrogens is 2. The Balaban J connectivity index is 2.42. The van der Waals surface area contributed by atoms with Gasteiger partial charge in [-0.25, -0.2) is 4.79 Å². The summed E-state index contributed by atoms with van der Waals surface area (Å²) >= 11 is 4.98. The Hall–Kier alpha value is -1.59. The Bertz CT molecular complexity index is 656. The van der Waals surface area contributed by atoms with Gasteiger partial charge in [-0.15, -0.1) is 0 Å². The molecule has 4 atom stereocenters. The van der Waals surface area contributed by atoms with Crippen LogP contribution in [-0.2, 0) is 16.1 Å². The third kappa shape index (κ3) is 2.89. The number of aliphatic hydroxyl groups is 2.